The summed E-state index contributed by atoms with van der Waals surface area (Å²) in [5.74, 6) is -6.43. The zero-order chi connectivity index (χ0) is 42.5. The van der Waals surface area contributed by atoms with Gasteiger partial charge >= 0.3 is 18.2 Å². The topological polar surface area (TPSA) is 232 Å². The molecule has 0 radical (unpaired) electrons. The lowest BCUT2D eigenvalue weighted by Crippen LogP contribution is -2.58. The Labute approximate surface area is 337 Å². The third kappa shape index (κ3) is 10.3. The van der Waals surface area contributed by atoms with E-state index in [4.69, 9.17) is 28.7 Å². The number of benzene rings is 2. The molecule has 3 aliphatic rings. The van der Waals surface area contributed by atoms with Crippen LogP contribution in [0, 0.1) is 17.8 Å². The molecule has 1 saturated heterocycles. The SMILES string of the molecule is CC(C)(C)OC(=O)NC1=N[C@@]2(C(=O)[C@@H](CNC(=O)OCc3ccccc3)[C@@H](CN=[N+]=[N-])[C@@H]2C2OC(C)(C)N[C@H]2C(=O)OC(C)(C)C)C(=O)N1COCc1ccccc1. The highest BCUT2D eigenvalue weighted by Gasteiger charge is 2.72. The molecule has 3 N–H and O–H groups in total. The normalized spacial score (nSPS) is 25.2. The Bertz CT molecular complexity index is 1920. The lowest BCUT2D eigenvalue weighted by Gasteiger charge is -2.35. The molecule has 1 unspecified atom stereocenters. The number of amides is 3. The maximum Gasteiger partial charge on any atom is 0.414 e. The molecule has 1 aliphatic carbocycles. The third-order valence-corrected chi connectivity index (χ3v) is 9.54. The highest BCUT2D eigenvalue weighted by molar-refractivity contribution is 6.23. The van der Waals surface area contributed by atoms with E-state index in [2.05, 4.69) is 26.0 Å². The number of carbonyl (C=O) groups is 5. The van der Waals surface area contributed by atoms with Gasteiger partial charge < -0.3 is 29.0 Å². The van der Waals surface area contributed by atoms with Gasteiger partial charge in [0.15, 0.2) is 5.78 Å². The molecule has 6 atom stereocenters. The number of carbonyl (C=O) groups excluding carboxylic acids is 5. The van der Waals surface area contributed by atoms with Crippen LogP contribution in [0.25, 0.3) is 10.4 Å². The summed E-state index contributed by atoms with van der Waals surface area (Å²) in [5, 5.41) is 12.1. The average Bonchev–Trinajstić information content (AvgIpc) is 3.69. The van der Waals surface area contributed by atoms with Gasteiger partial charge in [-0.15, -0.1) is 0 Å². The minimum absolute atomic E-state index is 0.0520. The van der Waals surface area contributed by atoms with E-state index in [0.29, 0.717) is 0 Å². The van der Waals surface area contributed by atoms with Crippen molar-refractivity contribution >= 4 is 35.8 Å². The van der Waals surface area contributed by atoms with Gasteiger partial charge in [0.1, 0.15) is 36.3 Å². The Hall–Kier alpha value is -5.55. The molecule has 3 amide bonds. The Morgan fingerprint density at radius 3 is 2.12 bits per heavy atom. The third-order valence-electron chi connectivity index (χ3n) is 9.54. The number of guanidine groups is 1. The zero-order valence-corrected chi connectivity index (χ0v) is 34.0. The highest BCUT2D eigenvalue weighted by Crippen LogP contribution is 2.52. The zero-order valence-electron chi connectivity index (χ0n) is 34.0. The number of aliphatic imine (C=N–C) groups is 1. The summed E-state index contributed by atoms with van der Waals surface area (Å²) in [6.07, 6.45) is -3.13. The number of ether oxygens (including phenoxy) is 5. The first-order chi connectivity index (χ1) is 27.2. The number of hydrogen-bond acceptors (Lipinski definition) is 13. The van der Waals surface area contributed by atoms with Crippen molar-refractivity contribution in [2.45, 2.75) is 103 Å². The molecule has 5 rings (SSSR count). The Balaban J connectivity index is 1.60. The Morgan fingerprint density at radius 1 is 0.931 bits per heavy atom. The van der Waals surface area contributed by atoms with Crippen LogP contribution in [0.3, 0.4) is 0 Å². The Morgan fingerprint density at radius 2 is 1.53 bits per heavy atom. The molecule has 312 valence electrons. The van der Waals surface area contributed by atoms with E-state index in [9.17, 15) is 19.9 Å². The minimum atomic E-state index is -2.40. The first-order valence-corrected chi connectivity index (χ1v) is 19.0. The molecule has 0 aromatic heterocycles. The van der Waals surface area contributed by atoms with E-state index in [1.54, 1.807) is 79.7 Å². The second-order valence-electron chi connectivity index (χ2n) is 16.8. The quantitative estimate of drug-likeness (QED) is 0.0663. The van der Waals surface area contributed by atoms with Crippen LogP contribution < -0.4 is 16.0 Å². The van der Waals surface area contributed by atoms with Crippen LogP contribution in [-0.4, -0.2) is 95.1 Å². The molecule has 18 heteroatoms. The molecule has 1 saturated carbocycles. The number of nitrogens with one attached hydrogen (secondary N) is 3. The highest BCUT2D eigenvalue weighted by atomic mass is 16.6. The van der Waals surface area contributed by atoms with Crippen LogP contribution in [0.4, 0.5) is 9.59 Å². The van der Waals surface area contributed by atoms with Crippen molar-refractivity contribution in [1.29, 1.82) is 0 Å². The molecule has 58 heavy (non-hydrogen) atoms. The largest absolute Gasteiger partial charge is 0.459 e. The van der Waals surface area contributed by atoms with Gasteiger partial charge in [0.2, 0.25) is 11.5 Å². The van der Waals surface area contributed by atoms with Crippen molar-refractivity contribution in [2.24, 2.45) is 27.9 Å². The molecule has 2 fully saturated rings. The number of nitrogens with zero attached hydrogens (tertiary/aromatic N) is 5. The first kappa shape index (κ1) is 43.6. The van der Waals surface area contributed by atoms with E-state index in [0.717, 1.165) is 16.0 Å². The summed E-state index contributed by atoms with van der Waals surface area (Å²) < 4.78 is 29.1. The van der Waals surface area contributed by atoms with E-state index in [1.165, 1.54) is 0 Å². The van der Waals surface area contributed by atoms with E-state index < -0.39 is 88.9 Å². The molecule has 2 aromatic carbocycles. The van der Waals surface area contributed by atoms with Crippen LogP contribution in [0.15, 0.2) is 70.8 Å². The first-order valence-electron chi connectivity index (χ1n) is 19.0. The number of alkyl carbamates (subject to hydrolysis) is 2. The molecule has 2 aromatic rings. The van der Waals surface area contributed by atoms with Gasteiger partial charge in [-0.3, -0.25) is 29.9 Å². The monoisotopic (exact) mass is 804 g/mol. The fourth-order valence-electron chi connectivity index (χ4n) is 7.40. The molecular weight excluding hydrogens is 752 g/mol. The predicted molar refractivity (Wildman–Crippen MR) is 208 cm³/mol. The second kappa shape index (κ2) is 17.5. The maximum absolute atomic E-state index is 15.2. The van der Waals surface area contributed by atoms with Crippen molar-refractivity contribution in [3.8, 4) is 0 Å². The van der Waals surface area contributed by atoms with Gasteiger partial charge in [-0.05, 0) is 78.0 Å². The molecular formula is C40H52N8O10. The van der Waals surface area contributed by atoms with Gasteiger partial charge in [0.25, 0.3) is 5.91 Å². The number of hydrogen-bond donors (Lipinski definition) is 3. The van der Waals surface area contributed by atoms with Crippen molar-refractivity contribution in [2.75, 3.05) is 19.8 Å². The van der Waals surface area contributed by atoms with E-state index in [1.807, 2.05) is 36.4 Å². The van der Waals surface area contributed by atoms with Crippen LogP contribution in [0.1, 0.15) is 66.5 Å². The number of azide groups is 1. The van der Waals surface area contributed by atoms with Gasteiger partial charge in [0, 0.05) is 29.8 Å². The summed E-state index contributed by atoms with van der Waals surface area (Å²) >= 11 is 0. The van der Waals surface area contributed by atoms with E-state index in [-0.39, 0.29) is 32.3 Å². The summed E-state index contributed by atoms with van der Waals surface area (Å²) in [6.45, 7) is 12.1. The van der Waals surface area contributed by atoms with Crippen LogP contribution >= 0.6 is 0 Å². The number of Topliss-reactive ketones (excluding diaryl/α,β-unsaturated/α-hetero) is 1. The van der Waals surface area contributed by atoms with E-state index >= 15 is 9.59 Å². The summed E-state index contributed by atoms with van der Waals surface area (Å²) in [5.41, 5.74) is 5.56. The average molecular weight is 805 g/mol. The summed E-state index contributed by atoms with van der Waals surface area (Å²) in [4.78, 5) is 79.3. The number of ketones is 1. The predicted octanol–water partition coefficient (Wildman–Crippen LogP) is 4.73. The lowest BCUT2D eigenvalue weighted by atomic mass is 9.76. The van der Waals surface area contributed by atoms with Gasteiger partial charge in [0.05, 0.1) is 12.7 Å². The van der Waals surface area contributed by atoms with Crippen LogP contribution in [0.2, 0.25) is 0 Å². The molecule has 18 nitrogen and oxygen atoms in total. The Kier molecular flexibility index (Phi) is 13.2. The lowest BCUT2D eigenvalue weighted by molar-refractivity contribution is -0.161. The fourth-order valence-corrected chi connectivity index (χ4v) is 7.40. The van der Waals surface area contributed by atoms with Crippen LogP contribution in [0.5, 0.6) is 0 Å². The van der Waals surface area contributed by atoms with Gasteiger partial charge in [-0.25, -0.2) is 14.6 Å². The molecule has 0 bridgehead atoms. The van der Waals surface area contributed by atoms with Gasteiger partial charge in [-0.1, -0.05) is 65.8 Å². The molecule has 2 aliphatic heterocycles. The van der Waals surface area contributed by atoms with Crippen molar-refractivity contribution in [3.05, 3.63) is 82.2 Å². The minimum Gasteiger partial charge on any atom is -0.459 e. The van der Waals surface area contributed by atoms with Crippen molar-refractivity contribution in [1.82, 2.24) is 20.9 Å². The van der Waals surface area contributed by atoms with Crippen molar-refractivity contribution in [3.63, 3.8) is 0 Å². The maximum atomic E-state index is 15.2. The van der Waals surface area contributed by atoms with Crippen LogP contribution in [-0.2, 0) is 51.3 Å². The van der Waals surface area contributed by atoms with Crippen molar-refractivity contribution < 1.29 is 47.7 Å². The molecule has 2 heterocycles. The standard InChI is InChI=1S/C40H52N8O10/c1-37(2,3)57-32(50)29-30(56-39(7,8)45-29)28-26(20-43-47-41)27(19-42-35(52)55-22-25-17-13-10-14-18-25)31(49)40(28)33(51)48(23-54-21-24-15-11-9-12-16-24)34(46-40)44-36(53)58-38(4,5)6/h9-18,26-30,45H,19-23H2,1-8H3,(H,42,52)(H,44,46,53)/t26-,27+,28-,29-,30?,40+/m1/s1. The fraction of sp³-hybridized carbons (Fsp3) is 0.550. The number of rotatable bonds is 12. The second-order valence-corrected chi connectivity index (χ2v) is 16.8. The summed E-state index contributed by atoms with van der Waals surface area (Å²) in [6, 6.07) is 16.8. The van der Waals surface area contributed by atoms with Gasteiger partial charge in [-0.2, -0.15) is 0 Å². The summed E-state index contributed by atoms with van der Waals surface area (Å²) in [7, 11) is 0. The number of esters is 1. The smallest absolute Gasteiger partial charge is 0.414 e. The molecule has 1 spiro atoms.